The SMILES string of the molecule is COc1cccc(COC(=O)C2=NN(c3ccccc3)C(C(C)=O)C2)c1. The van der Waals surface area contributed by atoms with Crippen molar-refractivity contribution in [1.82, 2.24) is 0 Å². The third-order valence-corrected chi connectivity index (χ3v) is 4.14. The fourth-order valence-electron chi connectivity index (χ4n) is 2.76. The number of carbonyl (C=O) groups excluding carboxylic acids is 2. The van der Waals surface area contributed by atoms with Gasteiger partial charge in [0.1, 0.15) is 24.1 Å². The van der Waals surface area contributed by atoms with Gasteiger partial charge in [0.2, 0.25) is 0 Å². The lowest BCUT2D eigenvalue weighted by Crippen LogP contribution is -2.33. The monoisotopic (exact) mass is 352 g/mol. The number of nitrogens with zero attached hydrogens (tertiary/aromatic N) is 2. The lowest BCUT2D eigenvalue weighted by molar-refractivity contribution is -0.136. The van der Waals surface area contributed by atoms with Crippen molar-refractivity contribution in [3.05, 3.63) is 60.2 Å². The van der Waals surface area contributed by atoms with Crippen LogP contribution >= 0.6 is 0 Å². The maximum absolute atomic E-state index is 12.4. The van der Waals surface area contributed by atoms with E-state index in [-0.39, 0.29) is 24.5 Å². The van der Waals surface area contributed by atoms with Crippen LogP contribution in [-0.2, 0) is 20.9 Å². The van der Waals surface area contributed by atoms with Crippen molar-refractivity contribution in [2.75, 3.05) is 12.1 Å². The zero-order chi connectivity index (χ0) is 18.5. The van der Waals surface area contributed by atoms with E-state index in [2.05, 4.69) is 5.10 Å². The molecule has 6 nitrogen and oxygen atoms in total. The highest BCUT2D eigenvalue weighted by atomic mass is 16.5. The molecule has 0 radical (unpaired) electrons. The number of hydrogen-bond donors (Lipinski definition) is 0. The summed E-state index contributed by atoms with van der Waals surface area (Å²) in [5.41, 5.74) is 1.83. The minimum Gasteiger partial charge on any atom is -0.497 e. The van der Waals surface area contributed by atoms with Crippen LogP contribution in [0.5, 0.6) is 5.75 Å². The number of hydrogen-bond acceptors (Lipinski definition) is 6. The topological polar surface area (TPSA) is 68.2 Å². The normalized spacial score (nSPS) is 16.2. The molecule has 26 heavy (non-hydrogen) atoms. The molecule has 3 rings (SSSR count). The maximum atomic E-state index is 12.4. The molecule has 0 amide bonds. The summed E-state index contributed by atoms with van der Waals surface area (Å²) < 4.78 is 10.5. The predicted octanol–water partition coefficient (Wildman–Crippen LogP) is 2.96. The van der Waals surface area contributed by atoms with Crippen molar-refractivity contribution >= 4 is 23.2 Å². The minimum absolute atomic E-state index is 0.0480. The molecule has 1 unspecified atom stereocenters. The van der Waals surface area contributed by atoms with E-state index >= 15 is 0 Å². The predicted molar refractivity (Wildman–Crippen MR) is 98.2 cm³/mol. The molecule has 0 spiro atoms. The van der Waals surface area contributed by atoms with Crippen LogP contribution in [0.25, 0.3) is 0 Å². The highest BCUT2D eigenvalue weighted by Gasteiger charge is 2.34. The largest absolute Gasteiger partial charge is 0.497 e. The Labute approximate surface area is 152 Å². The van der Waals surface area contributed by atoms with E-state index in [0.717, 1.165) is 11.3 Å². The Bertz CT molecular complexity index is 833. The van der Waals surface area contributed by atoms with Gasteiger partial charge in [0.25, 0.3) is 0 Å². The molecule has 1 heterocycles. The van der Waals surface area contributed by atoms with Gasteiger partial charge in [0, 0.05) is 6.42 Å². The number of carbonyl (C=O) groups is 2. The van der Waals surface area contributed by atoms with Crippen molar-refractivity contribution < 1.29 is 19.1 Å². The van der Waals surface area contributed by atoms with E-state index in [1.807, 2.05) is 48.5 Å². The number of methoxy groups -OCH3 is 1. The van der Waals surface area contributed by atoms with E-state index in [1.165, 1.54) is 6.92 Å². The molecule has 2 aromatic rings. The zero-order valence-electron chi connectivity index (χ0n) is 14.7. The second-order valence-electron chi connectivity index (χ2n) is 5.99. The highest BCUT2D eigenvalue weighted by Crippen LogP contribution is 2.25. The van der Waals surface area contributed by atoms with Gasteiger partial charge in [0.15, 0.2) is 5.78 Å². The molecule has 0 aliphatic carbocycles. The lowest BCUT2D eigenvalue weighted by Gasteiger charge is -2.20. The van der Waals surface area contributed by atoms with E-state index < -0.39 is 12.0 Å². The first kappa shape index (κ1) is 17.7. The summed E-state index contributed by atoms with van der Waals surface area (Å²) in [5.74, 6) is 0.134. The first-order valence-corrected chi connectivity index (χ1v) is 8.30. The van der Waals surface area contributed by atoms with Gasteiger partial charge in [0.05, 0.1) is 12.8 Å². The van der Waals surface area contributed by atoms with Crippen LogP contribution in [0.2, 0.25) is 0 Å². The van der Waals surface area contributed by atoms with Crippen LogP contribution in [0, 0.1) is 0 Å². The molecule has 0 saturated heterocycles. The van der Waals surface area contributed by atoms with E-state index in [9.17, 15) is 9.59 Å². The summed E-state index contributed by atoms with van der Waals surface area (Å²) in [6.07, 6.45) is 0.237. The summed E-state index contributed by atoms with van der Waals surface area (Å²) in [7, 11) is 1.58. The van der Waals surface area contributed by atoms with Crippen LogP contribution in [0.15, 0.2) is 59.7 Å². The van der Waals surface area contributed by atoms with Gasteiger partial charge in [-0.15, -0.1) is 0 Å². The van der Waals surface area contributed by atoms with Crippen LogP contribution in [-0.4, -0.2) is 30.6 Å². The number of rotatable bonds is 6. The van der Waals surface area contributed by atoms with Crippen LogP contribution < -0.4 is 9.75 Å². The second-order valence-corrected chi connectivity index (χ2v) is 5.99. The number of esters is 1. The Balaban J connectivity index is 1.71. The third-order valence-electron chi connectivity index (χ3n) is 4.14. The Morgan fingerprint density at radius 1 is 1.15 bits per heavy atom. The van der Waals surface area contributed by atoms with Crippen molar-refractivity contribution in [3.8, 4) is 5.75 Å². The van der Waals surface area contributed by atoms with Crippen molar-refractivity contribution in [3.63, 3.8) is 0 Å². The number of anilines is 1. The molecular formula is C20H20N2O4. The summed E-state index contributed by atoms with van der Waals surface area (Å²) >= 11 is 0. The number of ether oxygens (including phenoxy) is 2. The summed E-state index contributed by atoms with van der Waals surface area (Å²) in [6.45, 7) is 1.62. The van der Waals surface area contributed by atoms with Crippen molar-refractivity contribution in [1.29, 1.82) is 0 Å². The van der Waals surface area contributed by atoms with Gasteiger partial charge in [-0.2, -0.15) is 5.10 Å². The molecule has 0 bridgehead atoms. The summed E-state index contributed by atoms with van der Waals surface area (Å²) in [5, 5.41) is 5.92. The van der Waals surface area contributed by atoms with Gasteiger partial charge < -0.3 is 9.47 Å². The molecule has 0 N–H and O–H groups in total. The number of ketones is 1. The molecule has 1 aliphatic heterocycles. The molecule has 0 fully saturated rings. The molecule has 0 saturated carbocycles. The third kappa shape index (κ3) is 3.91. The molecular weight excluding hydrogens is 332 g/mol. The van der Waals surface area contributed by atoms with Gasteiger partial charge in [-0.05, 0) is 36.8 Å². The van der Waals surface area contributed by atoms with Gasteiger partial charge in [-0.3, -0.25) is 9.80 Å². The molecule has 2 aromatic carbocycles. The van der Waals surface area contributed by atoms with Crippen LogP contribution in [0.1, 0.15) is 18.9 Å². The van der Waals surface area contributed by atoms with Crippen LogP contribution in [0.3, 0.4) is 0 Å². The number of Topliss-reactive ketones (excluding diaryl/α,β-unsaturated/α-hetero) is 1. The highest BCUT2D eigenvalue weighted by molar-refractivity contribution is 6.38. The summed E-state index contributed by atoms with van der Waals surface area (Å²) in [6, 6.07) is 16.1. The lowest BCUT2D eigenvalue weighted by atomic mass is 10.1. The van der Waals surface area contributed by atoms with Crippen molar-refractivity contribution in [2.45, 2.75) is 26.0 Å². The van der Waals surface area contributed by atoms with Crippen LogP contribution in [0.4, 0.5) is 5.69 Å². The molecule has 1 aliphatic rings. The average Bonchev–Trinajstić information content (AvgIpc) is 3.13. The fourth-order valence-corrected chi connectivity index (χ4v) is 2.76. The van der Waals surface area contributed by atoms with Gasteiger partial charge >= 0.3 is 5.97 Å². The first-order valence-electron chi connectivity index (χ1n) is 8.30. The number of para-hydroxylation sites is 1. The smallest absolute Gasteiger partial charge is 0.354 e. The quantitative estimate of drug-likeness (QED) is 0.748. The summed E-state index contributed by atoms with van der Waals surface area (Å²) in [4.78, 5) is 24.4. The maximum Gasteiger partial charge on any atom is 0.354 e. The van der Waals surface area contributed by atoms with E-state index in [0.29, 0.717) is 5.75 Å². The zero-order valence-corrected chi connectivity index (χ0v) is 14.7. The molecule has 1 atom stereocenters. The van der Waals surface area contributed by atoms with E-state index in [4.69, 9.17) is 9.47 Å². The molecule has 6 heteroatoms. The Hall–Kier alpha value is -3.15. The van der Waals surface area contributed by atoms with Gasteiger partial charge in [-0.1, -0.05) is 30.3 Å². The standard InChI is InChI=1S/C20H20N2O4/c1-14(23)19-12-18(21-22(19)16-8-4-3-5-9-16)20(24)26-13-15-7-6-10-17(11-15)25-2/h3-11,19H,12-13H2,1-2H3. The Morgan fingerprint density at radius 2 is 1.92 bits per heavy atom. The average molecular weight is 352 g/mol. The number of benzene rings is 2. The van der Waals surface area contributed by atoms with Gasteiger partial charge in [-0.25, -0.2) is 4.79 Å². The Kier molecular flexibility index (Phi) is 5.31. The number of hydrazone groups is 1. The van der Waals surface area contributed by atoms with E-state index in [1.54, 1.807) is 18.2 Å². The minimum atomic E-state index is -0.516. The molecule has 134 valence electrons. The first-order chi connectivity index (χ1) is 12.6. The molecule has 0 aromatic heterocycles. The second kappa shape index (κ2) is 7.82. The van der Waals surface area contributed by atoms with Crippen molar-refractivity contribution in [2.24, 2.45) is 5.10 Å². The fraction of sp³-hybridized carbons (Fsp3) is 0.250. The Morgan fingerprint density at radius 3 is 2.62 bits per heavy atom.